The fourth-order valence-corrected chi connectivity index (χ4v) is 1.48. The van der Waals surface area contributed by atoms with E-state index in [0.717, 1.165) is 13.0 Å². The highest BCUT2D eigenvalue weighted by Gasteiger charge is 2.25. The number of nitrogens with zero attached hydrogens (tertiary/aromatic N) is 1. The Kier molecular flexibility index (Phi) is 4.05. The quantitative estimate of drug-likeness (QED) is 0.629. The Bertz CT molecular complexity index is 312. The summed E-state index contributed by atoms with van der Waals surface area (Å²) < 4.78 is 0. The zero-order valence-corrected chi connectivity index (χ0v) is 9.33. The SMILES string of the molecule is CCCNCC(C)(O)c1cccnc1N. The van der Waals surface area contributed by atoms with E-state index in [1.54, 1.807) is 25.3 Å². The van der Waals surface area contributed by atoms with Crippen molar-refractivity contribution in [3.8, 4) is 0 Å². The summed E-state index contributed by atoms with van der Waals surface area (Å²) in [7, 11) is 0. The molecule has 0 saturated heterocycles. The summed E-state index contributed by atoms with van der Waals surface area (Å²) >= 11 is 0. The number of nitrogen functional groups attached to an aromatic ring is 1. The molecule has 0 aromatic carbocycles. The first-order valence-electron chi connectivity index (χ1n) is 5.22. The lowest BCUT2D eigenvalue weighted by atomic mass is 9.96. The molecule has 1 atom stereocenters. The Morgan fingerprint density at radius 3 is 2.93 bits per heavy atom. The van der Waals surface area contributed by atoms with E-state index in [0.29, 0.717) is 17.9 Å². The number of aromatic nitrogens is 1. The van der Waals surface area contributed by atoms with E-state index in [4.69, 9.17) is 5.73 Å². The second-order valence-electron chi connectivity index (χ2n) is 3.89. The maximum absolute atomic E-state index is 10.2. The van der Waals surface area contributed by atoms with Crippen molar-refractivity contribution in [2.75, 3.05) is 18.8 Å². The van der Waals surface area contributed by atoms with E-state index in [1.165, 1.54) is 0 Å². The molecule has 0 amide bonds. The lowest BCUT2D eigenvalue weighted by molar-refractivity contribution is 0.0577. The zero-order valence-electron chi connectivity index (χ0n) is 9.33. The Hall–Kier alpha value is -1.13. The number of nitrogens with two attached hydrogens (primary N) is 1. The van der Waals surface area contributed by atoms with E-state index in [1.807, 2.05) is 0 Å². The van der Waals surface area contributed by atoms with Crippen molar-refractivity contribution in [3.63, 3.8) is 0 Å². The predicted molar refractivity (Wildman–Crippen MR) is 61.4 cm³/mol. The number of rotatable bonds is 5. The highest BCUT2D eigenvalue weighted by Crippen LogP contribution is 2.23. The van der Waals surface area contributed by atoms with Crippen LogP contribution in [0.1, 0.15) is 25.8 Å². The Morgan fingerprint density at radius 2 is 2.33 bits per heavy atom. The van der Waals surface area contributed by atoms with Gasteiger partial charge in [0.25, 0.3) is 0 Å². The third kappa shape index (κ3) is 3.18. The number of nitrogens with one attached hydrogen (secondary N) is 1. The van der Waals surface area contributed by atoms with E-state index in [9.17, 15) is 5.11 Å². The van der Waals surface area contributed by atoms with Crippen LogP contribution in [0.15, 0.2) is 18.3 Å². The van der Waals surface area contributed by atoms with Gasteiger partial charge in [0.15, 0.2) is 0 Å². The topological polar surface area (TPSA) is 71.2 Å². The molecule has 0 spiro atoms. The van der Waals surface area contributed by atoms with Gasteiger partial charge >= 0.3 is 0 Å². The first-order valence-corrected chi connectivity index (χ1v) is 5.22. The molecule has 4 nitrogen and oxygen atoms in total. The van der Waals surface area contributed by atoms with Gasteiger partial charge in [0, 0.05) is 18.3 Å². The first kappa shape index (κ1) is 11.9. The summed E-state index contributed by atoms with van der Waals surface area (Å²) in [6.07, 6.45) is 2.66. The van der Waals surface area contributed by atoms with Crippen LogP contribution in [0, 0.1) is 0 Å². The molecule has 1 unspecified atom stereocenters. The van der Waals surface area contributed by atoms with Gasteiger partial charge in [0.2, 0.25) is 0 Å². The van der Waals surface area contributed by atoms with E-state index < -0.39 is 5.60 Å². The molecule has 0 aliphatic heterocycles. The lowest BCUT2D eigenvalue weighted by Gasteiger charge is -2.25. The molecule has 0 aliphatic carbocycles. The second-order valence-corrected chi connectivity index (χ2v) is 3.89. The van der Waals surface area contributed by atoms with Crippen LogP contribution >= 0.6 is 0 Å². The summed E-state index contributed by atoms with van der Waals surface area (Å²) in [5, 5.41) is 13.4. The molecule has 0 radical (unpaired) electrons. The monoisotopic (exact) mass is 209 g/mol. The summed E-state index contributed by atoms with van der Waals surface area (Å²) in [5.41, 5.74) is 5.42. The van der Waals surface area contributed by atoms with Crippen LogP contribution < -0.4 is 11.1 Å². The van der Waals surface area contributed by atoms with Gasteiger partial charge in [-0.25, -0.2) is 4.98 Å². The molecule has 84 valence electrons. The zero-order chi connectivity index (χ0) is 11.3. The van der Waals surface area contributed by atoms with Crippen LogP contribution in [0.5, 0.6) is 0 Å². The van der Waals surface area contributed by atoms with Gasteiger partial charge in [0.1, 0.15) is 11.4 Å². The number of hydrogen-bond donors (Lipinski definition) is 3. The standard InChI is InChI=1S/C11H19N3O/c1-3-6-13-8-11(2,15)9-5-4-7-14-10(9)12/h4-5,7,13,15H,3,6,8H2,1-2H3,(H2,12,14). The van der Waals surface area contributed by atoms with Gasteiger partial charge < -0.3 is 16.2 Å². The molecular formula is C11H19N3O. The van der Waals surface area contributed by atoms with Gasteiger partial charge in [-0.05, 0) is 26.0 Å². The average molecular weight is 209 g/mol. The molecule has 4 N–H and O–H groups in total. The molecule has 1 aromatic rings. The van der Waals surface area contributed by atoms with E-state index in [-0.39, 0.29) is 0 Å². The molecule has 0 saturated carbocycles. The largest absolute Gasteiger partial charge is 0.384 e. The van der Waals surface area contributed by atoms with Gasteiger partial charge in [-0.15, -0.1) is 0 Å². The molecule has 1 rings (SSSR count). The maximum atomic E-state index is 10.2. The number of hydrogen-bond acceptors (Lipinski definition) is 4. The van der Waals surface area contributed by atoms with Crippen molar-refractivity contribution in [3.05, 3.63) is 23.9 Å². The van der Waals surface area contributed by atoms with Gasteiger partial charge in [0.05, 0.1) is 0 Å². The third-order valence-corrected chi connectivity index (χ3v) is 2.31. The van der Waals surface area contributed by atoms with Gasteiger partial charge in [-0.1, -0.05) is 13.0 Å². The van der Waals surface area contributed by atoms with Crippen LogP contribution in [-0.4, -0.2) is 23.2 Å². The fraction of sp³-hybridized carbons (Fsp3) is 0.545. The maximum Gasteiger partial charge on any atom is 0.129 e. The van der Waals surface area contributed by atoms with Gasteiger partial charge in [-0.2, -0.15) is 0 Å². The lowest BCUT2D eigenvalue weighted by Crippen LogP contribution is -2.36. The molecular weight excluding hydrogens is 190 g/mol. The van der Waals surface area contributed by atoms with Gasteiger partial charge in [-0.3, -0.25) is 0 Å². The van der Waals surface area contributed by atoms with Crippen molar-refractivity contribution in [1.82, 2.24) is 10.3 Å². The molecule has 0 bridgehead atoms. The predicted octanol–water partition coefficient (Wildman–Crippen LogP) is 0.871. The number of anilines is 1. The van der Waals surface area contributed by atoms with Crippen molar-refractivity contribution >= 4 is 5.82 Å². The van der Waals surface area contributed by atoms with Crippen molar-refractivity contribution in [2.45, 2.75) is 25.9 Å². The van der Waals surface area contributed by atoms with Crippen LogP contribution in [-0.2, 0) is 5.60 Å². The minimum absolute atomic E-state index is 0.390. The molecule has 4 heteroatoms. The van der Waals surface area contributed by atoms with Crippen molar-refractivity contribution < 1.29 is 5.11 Å². The highest BCUT2D eigenvalue weighted by molar-refractivity contribution is 5.42. The molecule has 0 fully saturated rings. The minimum atomic E-state index is -0.965. The molecule has 1 heterocycles. The van der Waals surface area contributed by atoms with Crippen LogP contribution in [0.3, 0.4) is 0 Å². The van der Waals surface area contributed by atoms with Crippen molar-refractivity contribution in [2.24, 2.45) is 0 Å². The molecule has 1 aromatic heterocycles. The van der Waals surface area contributed by atoms with E-state index in [2.05, 4.69) is 17.2 Å². The molecule has 15 heavy (non-hydrogen) atoms. The summed E-state index contributed by atoms with van der Waals surface area (Å²) in [4.78, 5) is 3.96. The normalized spacial score (nSPS) is 14.9. The summed E-state index contributed by atoms with van der Waals surface area (Å²) in [6, 6.07) is 3.58. The number of aliphatic hydroxyl groups is 1. The Labute approximate surface area is 90.5 Å². The second kappa shape index (κ2) is 5.09. The van der Waals surface area contributed by atoms with Crippen LogP contribution in [0.4, 0.5) is 5.82 Å². The van der Waals surface area contributed by atoms with E-state index >= 15 is 0 Å². The summed E-state index contributed by atoms with van der Waals surface area (Å²) in [5.74, 6) is 0.390. The van der Waals surface area contributed by atoms with Crippen molar-refractivity contribution in [1.29, 1.82) is 0 Å². The fourth-order valence-electron chi connectivity index (χ4n) is 1.48. The number of pyridine rings is 1. The smallest absolute Gasteiger partial charge is 0.129 e. The Balaban J connectivity index is 2.72. The Morgan fingerprint density at radius 1 is 1.60 bits per heavy atom. The third-order valence-electron chi connectivity index (χ3n) is 2.31. The van der Waals surface area contributed by atoms with Crippen LogP contribution in [0.2, 0.25) is 0 Å². The minimum Gasteiger partial charge on any atom is -0.384 e. The highest BCUT2D eigenvalue weighted by atomic mass is 16.3. The summed E-state index contributed by atoms with van der Waals surface area (Å²) in [6.45, 7) is 5.19. The average Bonchev–Trinajstić information content (AvgIpc) is 2.18. The van der Waals surface area contributed by atoms with Crippen LogP contribution in [0.25, 0.3) is 0 Å². The first-order chi connectivity index (χ1) is 7.08. The molecule has 0 aliphatic rings.